The van der Waals surface area contributed by atoms with Gasteiger partial charge in [0, 0.05) is 6.42 Å². The van der Waals surface area contributed by atoms with Gasteiger partial charge in [0.15, 0.2) is 5.78 Å². The Morgan fingerprint density at radius 1 is 1.21 bits per heavy atom. The second kappa shape index (κ2) is 7.62. The van der Waals surface area contributed by atoms with Crippen molar-refractivity contribution < 1.29 is 4.79 Å². The zero-order chi connectivity index (χ0) is 20.6. The van der Waals surface area contributed by atoms with Crippen LogP contribution < -0.4 is 5.32 Å². The molecule has 156 valence electrons. The molecule has 1 fully saturated rings. The molecule has 1 atom stereocenters. The van der Waals surface area contributed by atoms with Gasteiger partial charge in [0.25, 0.3) is 0 Å². The molecule has 1 saturated carbocycles. The molecule has 4 heteroatoms. The maximum atomic E-state index is 13.5. The highest BCUT2D eigenvalue weighted by molar-refractivity contribution is 6.01. The summed E-state index contributed by atoms with van der Waals surface area (Å²) in [5, 5.41) is 8.30. The Bertz CT molecular complexity index is 859. The molecule has 29 heavy (non-hydrogen) atoms. The van der Waals surface area contributed by atoms with Crippen LogP contribution >= 0.6 is 0 Å². The van der Waals surface area contributed by atoms with E-state index in [1.807, 2.05) is 10.7 Å². The Hall–Kier alpha value is -2.10. The van der Waals surface area contributed by atoms with Crippen molar-refractivity contribution in [3.05, 3.63) is 47.7 Å². The van der Waals surface area contributed by atoms with Crippen LogP contribution in [0.5, 0.6) is 0 Å². The van der Waals surface area contributed by atoms with Crippen LogP contribution in [-0.2, 0) is 5.54 Å². The van der Waals surface area contributed by atoms with Gasteiger partial charge < -0.3 is 5.32 Å². The van der Waals surface area contributed by atoms with Gasteiger partial charge in [0.2, 0.25) is 0 Å². The van der Waals surface area contributed by atoms with Crippen molar-refractivity contribution in [2.75, 3.05) is 5.32 Å². The molecule has 0 saturated heterocycles. The van der Waals surface area contributed by atoms with Crippen molar-refractivity contribution in [3.8, 4) is 0 Å². The maximum Gasteiger partial charge on any atom is 0.168 e. The van der Waals surface area contributed by atoms with Crippen molar-refractivity contribution in [2.45, 2.75) is 84.2 Å². The number of rotatable bonds is 5. The van der Waals surface area contributed by atoms with E-state index in [0.29, 0.717) is 6.42 Å². The minimum Gasteiger partial charge on any atom is -0.363 e. The summed E-state index contributed by atoms with van der Waals surface area (Å²) in [5.74, 6) is 1.94. The first-order valence-corrected chi connectivity index (χ1v) is 11.3. The summed E-state index contributed by atoms with van der Waals surface area (Å²) in [6.07, 6.45) is 9.30. The SMILES string of the molecule is CCC1(CC(=O)c2cnn3c2NC(c2ccccc2)CC3(C)C)CCC(C)CC1. The Balaban J connectivity index is 1.61. The standard InChI is InChI=1S/C25H35N3O/c1-5-25(13-11-18(2)12-14-25)16-22(29)20-17-26-28-23(20)27-21(15-24(28,3)4)19-9-7-6-8-10-19/h6-10,17-18,21,27H,5,11-16H2,1-4H3. The fourth-order valence-electron chi connectivity index (χ4n) is 5.30. The van der Waals surface area contributed by atoms with Gasteiger partial charge in [-0.05, 0) is 50.0 Å². The van der Waals surface area contributed by atoms with Crippen LogP contribution in [0.1, 0.15) is 94.6 Å². The third kappa shape index (κ3) is 3.86. The molecule has 1 aliphatic heterocycles. The minimum absolute atomic E-state index is 0.137. The van der Waals surface area contributed by atoms with Gasteiger partial charge in [0.05, 0.1) is 23.3 Å². The molecule has 0 spiro atoms. The zero-order valence-electron chi connectivity index (χ0n) is 18.4. The molecule has 0 bridgehead atoms. The van der Waals surface area contributed by atoms with Gasteiger partial charge in [-0.3, -0.25) is 4.79 Å². The van der Waals surface area contributed by atoms with E-state index in [9.17, 15) is 4.79 Å². The Morgan fingerprint density at radius 2 is 1.90 bits per heavy atom. The molecule has 2 heterocycles. The van der Waals surface area contributed by atoms with E-state index in [1.54, 1.807) is 6.20 Å². The molecule has 1 aromatic heterocycles. The average Bonchev–Trinajstić information content (AvgIpc) is 3.15. The van der Waals surface area contributed by atoms with Crippen LogP contribution in [0.15, 0.2) is 36.5 Å². The van der Waals surface area contributed by atoms with Crippen LogP contribution in [0.2, 0.25) is 0 Å². The molecule has 4 nitrogen and oxygen atoms in total. The first-order valence-electron chi connectivity index (χ1n) is 11.3. The predicted octanol–water partition coefficient (Wildman–Crippen LogP) is 6.35. The Morgan fingerprint density at radius 3 is 2.55 bits per heavy atom. The quantitative estimate of drug-likeness (QED) is 0.602. The molecule has 1 unspecified atom stereocenters. The lowest BCUT2D eigenvalue weighted by atomic mass is 9.66. The third-order valence-corrected chi connectivity index (χ3v) is 7.48. The van der Waals surface area contributed by atoms with E-state index in [4.69, 9.17) is 0 Å². The topological polar surface area (TPSA) is 46.9 Å². The fraction of sp³-hybridized carbons (Fsp3) is 0.600. The molecule has 0 amide bonds. The van der Waals surface area contributed by atoms with Crippen LogP contribution in [0, 0.1) is 11.3 Å². The van der Waals surface area contributed by atoms with Gasteiger partial charge in [-0.25, -0.2) is 4.68 Å². The van der Waals surface area contributed by atoms with Crippen LogP contribution in [0.3, 0.4) is 0 Å². The van der Waals surface area contributed by atoms with E-state index in [-0.39, 0.29) is 22.8 Å². The second-order valence-corrected chi connectivity index (χ2v) is 10.1. The van der Waals surface area contributed by atoms with E-state index in [0.717, 1.165) is 30.1 Å². The number of carbonyl (C=O) groups is 1. The zero-order valence-corrected chi connectivity index (χ0v) is 18.4. The molecule has 2 aromatic rings. The van der Waals surface area contributed by atoms with Crippen molar-refractivity contribution in [1.82, 2.24) is 9.78 Å². The first kappa shape index (κ1) is 20.2. The summed E-state index contributed by atoms with van der Waals surface area (Å²) in [7, 11) is 0. The summed E-state index contributed by atoms with van der Waals surface area (Å²) in [6, 6.07) is 10.7. The molecule has 1 aliphatic carbocycles. The smallest absolute Gasteiger partial charge is 0.168 e. The predicted molar refractivity (Wildman–Crippen MR) is 118 cm³/mol. The molecule has 1 N–H and O–H groups in total. The van der Waals surface area contributed by atoms with Crippen molar-refractivity contribution >= 4 is 11.6 Å². The largest absolute Gasteiger partial charge is 0.363 e. The van der Waals surface area contributed by atoms with Crippen molar-refractivity contribution in [1.29, 1.82) is 0 Å². The number of Topliss-reactive ketones (excluding diaryl/α,β-unsaturated/α-hetero) is 1. The fourth-order valence-corrected chi connectivity index (χ4v) is 5.30. The minimum atomic E-state index is -0.137. The lowest BCUT2D eigenvalue weighted by molar-refractivity contribution is 0.0811. The van der Waals surface area contributed by atoms with E-state index in [1.165, 1.54) is 31.2 Å². The Kier molecular flexibility index (Phi) is 5.30. The van der Waals surface area contributed by atoms with E-state index in [2.05, 4.69) is 62.4 Å². The van der Waals surface area contributed by atoms with Gasteiger partial charge in [0.1, 0.15) is 5.82 Å². The summed E-state index contributed by atoms with van der Waals surface area (Å²) < 4.78 is 2.03. The molecular weight excluding hydrogens is 358 g/mol. The van der Waals surface area contributed by atoms with Gasteiger partial charge in [-0.2, -0.15) is 5.10 Å². The summed E-state index contributed by atoms with van der Waals surface area (Å²) in [5.41, 5.74) is 2.06. The van der Waals surface area contributed by atoms with Crippen molar-refractivity contribution in [3.63, 3.8) is 0 Å². The first-order chi connectivity index (χ1) is 13.8. The van der Waals surface area contributed by atoms with Crippen LogP contribution in [-0.4, -0.2) is 15.6 Å². The lowest BCUT2D eigenvalue weighted by Gasteiger charge is -2.39. The van der Waals surface area contributed by atoms with E-state index < -0.39 is 0 Å². The molecular formula is C25H35N3O. The second-order valence-electron chi connectivity index (χ2n) is 10.1. The number of hydrogen-bond donors (Lipinski definition) is 1. The average molecular weight is 394 g/mol. The third-order valence-electron chi connectivity index (χ3n) is 7.48. The normalized spacial score (nSPS) is 28.4. The highest BCUT2D eigenvalue weighted by Crippen LogP contribution is 2.46. The number of nitrogens with zero attached hydrogens (tertiary/aromatic N) is 2. The summed E-state index contributed by atoms with van der Waals surface area (Å²) in [6.45, 7) is 9.02. The molecule has 2 aliphatic rings. The van der Waals surface area contributed by atoms with Crippen LogP contribution in [0.4, 0.5) is 5.82 Å². The van der Waals surface area contributed by atoms with Gasteiger partial charge >= 0.3 is 0 Å². The number of ketones is 1. The highest BCUT2D eigenvalue weighted by atomic mass is 16.1. The Labute approximate surface area is 175 Å². The number of aromatic nitrogens is 2. The summed E-state index contributed by atoms with van der Waals surface area (Å²) in [4.78, 5) is 13.5. The molecule has 4 rings (SSSR count). The number of carbonyl (C=O) groups excluding carboxylic acids is 1. The van der Waals surface area contributed by atoms with Crippen LogP contribution in [0.25, 0.3) is 0 Å². The number of fused-ring (bicyclic) bond motifs is 1. The highest BCUT2D eigenvalue weighted by Gasteiger charge is 2.39. The monoisotopic (exact) mass is 393 g/mol. The van der Waals surface area contributed by atoms with Crippen molar-refractivity contribution in [2.24, 2.45) is 11.3 Å². The number of benzene rings is 1. The molecule has 1 aromatic carbocycles. The number of nitrogens with one attached hydrogen (secondary N) is 1. The van der Waals surface area contributed by atoms with Gasteiger partial charge in [-0.15, -0.1) is 0 Å². The van der Waals surface area contributed by atoms with E-state index >= 15 is 0 Å². The lowest BCUT2D eigenvalue weighted by Crippen LogP contribution is -2.38. The molecule has 0 radical (unpaired) electrons. The van der Waals surface area contributed by atoms with Gasteiger partial charge in [-0.1, -0.05) is 63.4 Å². The summed E-state index contributed by atoms with van der Waals surface area (Å²) >= 11 is 0. The maximum absolute atomic E-state index is 13.5. The number of anilines is 1. The number of hydrogen-bond acceptors (Lipinski definition) is 3.